The molecular formula is C17H20FNO2S. The van der Waals surface area contributed by atoms with Crippen molar-refractivity contribution in [3.63, 3.8) is 0 Å². The number of nitrogens with one attached hydrogen (secondary N) is 1. The molecule has 0 radical (unpaired) electrons. The topological polar surface area (TPSA) is 38.3 Å². The van der Waals surface area contributed by atoms with E-state index in [2.05, 4.69) is 5.32 Å². The van der Waals surface area contributed by atoms with Crippen LogP contribution in [0.25, 0.3) is 0 Å². The fourth-order valence-corrected chi connectivity index (χ4v) is 2.69. The maximum atomic E-state index is 14.0. The van der Waals surface area contributed by atoms with Crippen LogP contribution in [0.5, 0.6) is 5.75 Å². The van der Waals surface area contributed by atoms with Crippen LogP contribution >= 0.6 is 0 Å². The highest BCUT2D eigenvalue weighted by Gasteiger charge is 2.11. The molecule has 0 aliphatic rings. The molecule has 2 rings (SSSR count). The molecule has 118 valence electrons. The van der Waals surface area contributed by atoms with Crippen molar-refractivity contribution in [1.82, 2.24) is 5.32 Å². The fourth-order valence-electron chi connectivity index (χ4n) is 2.17. The molecule has 0 saturated carbocycles. The zero-order valence-electron chi connectivity index (χ0n) is 12.9. The Hall–Kier alpha value is -1.72. The summed E-state index contributed by atoms with van der Waals surface area (Å²) in [5.41, 5.74) is 1.67. The summed E-state index contributed by atoms with van der Waals surface area (Å²) in [5, 5.41) is 3.29. The summed E-state index contributed by atoms with van der Waals surface area (Å²) >= 11 is 0. The number of rotatable bonds is 6. The number of halogens is 1. The normalized spacial score (nSPS) is 13.6. The van der Waals surface area contributed by atoms with E-state index in [9.17, 15) is 8.60 Å². The first-order valence-electron chi connectivity index (χ1n) is 7.00. The van der Waals surface area contributed by atoms with Gasteiger partial charge in [0, 0.05) is 46.2 Å². The van der Waals surface area contributed by atoms with Gasteiger partial charge in [0.1, 0.15) is 11.6 Å². The number of ether oxygens (including phenoxy) is 1. The minimum atomic E-state index is -0.968. The molecule has 22 heavy (non-hydrogen) atoms. The molecule has 0 aromatic heterocycles. The summed E-state index contributed by atoms with van der Waals surface area (Å²) in [4.78, 5) is 0.804. The lowest BCUT2D eigenvalue weighted by Gasteiger charge is -2.16. The molecule has 0 aliphatic carbocycles. The Morgan fingerprint density at radius 2 is 1.91 bits per heavy atom. The van der Waals surface area contributed by atoms with Gasteiger partial charge in [-0.25, -0.2) is 4.39 Å². The second kappa shape index (κ2) is 7.51. The third-order valence-corrected chi connectivity index (χ3v) is 4.48. The van der Waals surface area contributed by atoms with Gasteiger partial charge in [0.2, 0.25) is 0 Å². The Balaban J connectivity index is 2.00. The first-order chi connectivity index (χ1) is 10.5. The average Bonchev–Trinajstić information content (AvgIpc) is 2.52. The summed E-state index contributed by atoms with van der Waals surface area (Å²) in [6, 6.07) is 12.3. The predicted molar refractivity (Wildman–Crippen MR) is 87.0 cm³/mol. The Labute approximate surface area is 133 Å². The van der Waals surface area contributed by atoms with E-state index in [4.69, 9.17) is 4.74 Å². The van der Waals surface area contributed by atoms with Gasteiger partial charge in [0.25, 0.3) is 0 Å². The lowest BCUT2D eigenvalue weighted by Crippen LogP contribution is -2.19. The van der Waals surface area contributed by atoms with Gasteiger partial charge >= 0.3 is 0 Å². The molecule has 1 N–H and O–H groups in total. The van der Waals surface area contributed by atoms with E-state index in [-0.39, 0.29) is 11.9 Å². The van der Waals surface area contributed by atoms with Crippen molar-refractivity contribution in [2.75, 3.05) is 13.4 Å². The first-order valence-corrected chi connectivity index (χ1v) is 8.56. The lowest BCUT2D eigenvalue weighted by molar-refractivity contribution is 0.409. The Kier molecular flexibility index (Phi) is 5.69. The second-order valence-corrected chi connectivity index (χ2v) is 6.47. The smallest absolute Gasteiger partial charge is 0.131 e. The Morgan fingerprint density at radius 1 is 1.23 bits per heavy atom. The third-order valence-electron chi connectivity index (χ3n) is 3.54. The average molecular weight is 321 g/mol. The lowest BCUT2D eigenvalue weighted by atomic mass is 10.1. The van der Waals surface area contributed by atoms with Gasteiger partial charge in [-0.15, -0.1) is 0 Å². The van der Waals surface area contributed by atoms with E-state index in [1.807, 2.05) is 31.2 Å². The van der Waals surface area contributed by atoms with E-state index < -0.39 is 10.8 Å². The van der Waals surface area contributed by atoms with E-state index >= 15 is 0 Å². The van der Waals surface area contributed by atoms with Gasteiger partial charge in [-0.05, 0) is 30.7 Å². The van der Waals surface area contributed by atoms with E-state index in [1.165, 1.54) is 13.2 Å². The van der Waals surface area contributed by atoms with Gasteiger partial charge in [0.15, 0.2) is 0 Å². The molecule has 3 nitrogen and oxygen atoms in total. The van der Waals surface area contributed by atoms with Crippen molar-refractivity contribution in [3.05, 3.63) is 59.4 Å². The number of hydrogen-bond donors (Lipinski definition) is 1. The standard InChI is InChI=1S/C17H20FNO2S/c1-12(16-9-6-14(21-2)10-17(16)18)19-11-13-4-7-15(8-5-13)22(3)20/h4-10,12,19H,11H2,1-3H3/t12-,22-/m1/s1. The Bertz CT molecular complexity index is 658. The molecule has 2 atom stereocenters. The summed E-state index contributed by atoms with van der Waals surface area (Å²) < 4.78 is 30.3. The summed E-state index contributed by atoms with van der Waals surface area (Å²) in [6.45, 7) is 2.53. The van der Waals surface area contributed by atoms with Crippen molar-refractivity contribution >= 4 is 10.8 Å². The summed E-state index contributed by atoms with van der Waals surface area (Å²) in [6.07, 6.45) is 1.65. The van der Waals surface area contributed by atoms with Crippen molar-refractivity contribution < 1.29 is 13.3 Å². The van der Waals surface area contributed by atoms with Crippen LogP contribution in [0.1, 0.15) is 24.1 Å². The van der Waals surface area contributed by atoms with Crippen LogP contribution in [-0.2, 0) is 17.3 Å². The number of benzene rings is 2. The van der Waals surface area contributed by atoms with Crippen LogP contribution in [0.3, 0.4) is 0 Å². The van der Waals surface area contributed by atoms with Gasteiger partial charge < -0.3 is 10.1 Å². The molecule has 0 heterocycles. The number of hydrogen-bond acceptors (Lipinski definition) is 3. The maximum absolute atomic E-state index is 14.0. The van der Waals surface area contributed by atoms with E-state index in [1.54, 1.807) is 18.4 Å². The van der Waals surface area contributed by atoms with Gasteiger partial charge in [-0.1, -0.05) is 18.2 Å². The minimum Gasteiger partial charge on any atom is -0.497 e. The molecule has 2 aromatic carbocycles. The van der Waals surface area contributed by atoms with Crippen molar-refractivity contribution in [3.8, 4) is 5.75 Å². The van der Waals surface area contributed by atoms with Crippen LogP contribution in [0.2, 0.25) is 0 Å². The highest BCUT2D eigenvalue weighted by atomic mass is 32.2. The van der Waals surface area contributed by atoms with Crippen LogP contribution < -0.4 is 10.1 Å². The molecule has 0 spiro atoms. The molecule has 0 saturated heterocycles. The van der Waals surface area contributed by atoms with Crippen LogP contribution in [0.15, 0.2) is 47.4 Å². The van der Waals surface area contributed by atoms with Gasteiger partial charge in [-0.3, -0.25) is 4.21 Å². The SMILES string of the molecule is COc1ccc([C@@H](C)NCc2ccc([S@@](C)=O)cc2)c(F)c1. The van der Waals surface area contributed by atoms with E-state index in [0.717, 1.165) is 10.5 Å². The monoisotopic (exact) mass is 321 g/mol. The minimum absolute atomic E-state index is 0.120. The highest BCUT2D eigenvalue weighted by molar-refractivity contribution is 7.84. The van der Waals surface area contributed by atoms with Crippen molar-refractivity contribution in [2.45, 2.75) is 24.4 Å². The first kappa shape index (κ1) is 16.6. The molecule has 0 aliphatic heterocycles. The fraction of sp³-hybridized carbons (Fsp3) is 0.294. The molecular weight excluding hydrogens is 301 g/mol. The van der Waals surface area contributed by atoms with Crippen molar-refractivity contribution in [2.24, 2.45) is 0 Å². The zero-order valence-corrected chi connectivity index (χ0v) is 13.7. The molecule has 0 fully saturated rings. The van der Waals surface area contributed by atoms with E-state index in [0.29, 0.717) is 17.9 Å². The molecule has 0 bridgehead atoms. The quantitative estimate of drug-likeness (QED) is 0.886. The van der Waals surface area contributed by atoms with Crippen LogP contribution in [-0.4, -0.2) is 17.6 Å². The van der Waals surface area contributed by atoms with Crippen LogP contribution in [0, 0.1) is 5.82 Å². The predicted octanol–water partition coefficient (Wildman–Crippen LogP) is 3.42. The molecule has 2 aromatic rings. The third kappa shape index (κ3) is 4.15. The molecule has 0 unspecified atom stereocenters. The highest BCUT2D eigenvalue weighted by Crippen LogP contribution is 2.22. The second-order valence-electron chi connectivity index (χ2n) is 5.09. The van der Waals surface area contributed by atoms with Gasteiger partial charge in [-0.2, -0.15) is 0 Å². The van der Waals surface area contributed by atoms with Gasteiger partial charge in [0.05, 0.1) is 7.11 Å². The maximum Gasteiger partial charge on any atom is 0.131 e. The summed E-state index contributed by atoms with van der Waals surface area (Å²) in [5.74, 6) is 0.229. The number of methoxy groups -OCH3 is 1. The largest absolute Gasteiger partial charge is 0.497 e. The molecule has 0 amide bonds. The van der Waals surface area contributed by atoms with Crippen LogP contribution in [0.4, 0.5) is 4.39 Å². The van der Waals surface area contributed by atoms with Crippen molar-refractivity contribution in [1.29, 1.82) is 0 Å². The summed E-state index contributed by atoms with van der Waals surface area (Å²) in [7, 11) is 0.549. The Morgan fingerprint density at radius 3 is 2.45 bits per heavy atom. The zero-order chi connectivity index (χ0) is 16.1. The molecule has 5 heteroatoms.